The van der Waals surface area contributed by atoms with Crippen molar-refractivity contribution >= 4 is 12.4 Å². The molecule has 0 aromatic rings. The van der Waals surface area contributed by atoms with Crippen molar-refractivity contribution in [3.05, 3.63) is 0 Å². The van der Waals surface area contributed by atoms with Crippen LogP contribution in [0.5, 0.6) is 0 Å². The van der Waals surface area contributed by atoms with Gasteiger partial charge in [0, 0.05) is 6.04 Å². The molecule has 0 aromatic heterocycles. The molecule has 0 heterocycles. The molecule has 66 valence electrons. The molecule has 0 aromatic carbocycles. The number of hydrogen-bond acceptors (Lipinski definition) is 1. The number of hydrogen-bond donors (Lipinski definition) is 1. The van der Waals surface area contributed by atoms with E-state index in [1.54, 1.807) is 0 Å². The predicted octanol–water partition coefficient (Wildman–Crippen LogP) is 2.19. The first-order valence-corrected chi connectivity index (χ1v) is 4.38. The topological polar surface area (TPSA) is 26.0 Å². The van der Waals surface area contributed by atoms with Crippen molar-refractivity contribution in [2.75, 3.05) is 0 Å². The van der Waals surface area contributed by atoms with E-state index in [9.17, 15) is 0 Å². The zero-order chi connectivity index (χ0) is 7.35. The molecule has 11 heavy (non-hydrogen) atoms. The number of halogens is 1. The van der Waals surface area contributed by atoms with Crippen LogP contribution in [0, 0.1) is 17.3 Å². The lowest BCUT2D eigenvalue weighted by molar-refractivity contribution is 0.181. The summed E-state index contributed by atoms with van der Waals surface area (Å²) in [6, 6.07) is 0.492. The van der Waals surface area contributed by atoms with Crippen LogP contribution in [0.15, 0.2) is 0 Å². The quantitative estimate of drug-likeness (QED) is 0.600. The molecule has 2 aliphatic rings. The molecule has 1 nitrogen and oxygen atoms in total. The maximum Gasteiger partial charge on any atom is 0.0121 e. The molecule has 0 saturated heterocycles. The van der Waals surface area contributed by atoms with Crippen LogP contribution < -0.4 is 5.73 Å². The lowest BCUT2D eigenvalue weighted by atomic mass is 9.73. The summed E-state index contributed by atoms with van der Waals surface area (Å²) in [6.07, 6.45) is 4.24. The smallest absolute Gasteiger partial charge is 0.0121 e. The lowest BCUT2D eigenvalue weighted by Gasteiger charge is -2.35. The van der Waals surface area contributed by atoms with Gasteiger partial charge >= 0.3 is 0 Å². The highest BCUT2D eigenvalue weighted by Crippen LogP contribution is 2.54. The van der Waals surface area contributed by atoms with Crippen molar-refractivity contribution in [2.24, 2.45) is 23.0 Å². The van der Waals surface area contributed by atoms with Crippen molar-refractivity contribution in [1.82, 2.24) is 0 Å². The monoisotopic (exact) mass is 175 g/mol. The fourth-order valence-electron chi connectivity index (χ4n) is 2.90. The first-order valence-electron chi connectivity index (χ1n) is 4.38. The van der Waals surface area contributed by atoms with Crippen LogP contribution in [0.4, 0.5) is 0 Å². The molecular weight excluding hydrogens is 158 g/mol. The molecule has 2 saturated carbocycles. The zero-order valence-corrected chi connectivity index (χ0v) is 8.16. The summed E-state index contributed by atoms with van der Waals surface area (Å²) in [5, 5.41) is 0. The highest BCUT2D eigenvalue weighted by molar-refractivity contribution is 5.85. The Morgan fingerprint density at radius 3 is 2.18 bits per heavy atom. The van der Waals surface area contributed by atoms with Gasteiger partial charge in [0.1, 0.15) is 0 Å². The Morgan fingerprint density at radius 2 is 1.91 bits per heavy atom. The first-order chi connectivity index (χ1) is 4.62. The molecule has 2 bridgehead atoms. The third-order valence-electron chi connectivity index (χ3n) is 3.89. The molecule has 0 amide bonds. The second kappa shape index (κ2) is 2.63. The van der Waals surface area contributed by atoms with E-state index in [1.807, 2.05) is 0 Å². The van der Waals surface area contributed by atoms with E-state index >= 15 is 0 Å². The van der Waals surface area contributed by atoms with Gasteiger partial charge in [0.15, 0.2) is 0 Å². The van der Waals surface area contributed by atoms with Crippen LogP contribution in [-0.2, 0) is 0 Å². The highest BCUT2D eigenvalue weighted by Gasteiger charge is 2.50. The van der Waals surface area contributed by atoms with E-state index < -0.39 is 0 Å². The third kappa shape index (κ3) is 1.09. The summed E-state index contributed by atoms with van der Waals surface area (Å²) < 4.78 is 0. The molecular formula is C9H18ClN. The SMILES string of the molecule is CC1(C)C2CCC(C2)C1N.Cl. The fraction of sp³-hybridized carbons (Fsp3) is 1.00. The molecule has 2 aliphatic carbocycles. The second-order valence-electron chi connectivity index (χ2n) is 4.62. The second-order valence-corrected chi connectivity index (χ2v) is 4.62. The molecule has 2 rings (SSSR count). The first kappa shape index (κ1) is 9.34. The third-order valence-corrected chi connectivity index (χ3v) is 3.89. The van der Waals surface area contributed by atoms with Gasteiger partial charge in [-0.15, -0.1) is 12.4 Å². The van der Waals surface area contributed by atoms with Crippen LogP contribution in [0.3, 0.4) is 0 Å². The fourth-order valence-corrected chi connectivity index (χ4v) is 2.90. The molecule has 2 fully saturated rings. The largest absolute Gasteiger partial charge is 0.327 e. The van der Waals surface area contributed by atoms with Gasteiger partial charge in [-0.3, -0.25) is 0 Å². The highest BCUT2D eigenvalue weighted by atomic mass is 35.5. The maximum atomic E-state index is 6.10. The Morgan fingerprint density at radius 1 is 1.27 bits per heavy atom. The van der Waals surface area contributed by atoms with Gasteiger partial charge in [-0.2, -0.15) is 0 Å². The average Bonchev–Trinajstić information content (AvgIpc) is 2.37. The minimum atomic E-state index is 0. The summed E-state index contributed by atoms with van der Waals surface area (Å²) in [4.78, 5) is 0. The summed E-state index contributed by atoms with van der Waals surface area (Å²) in [5.41, 5.74) is 6.55. The van der Waals surface area contributed by atoms with E-state index in [1.165, 1.54) is 19.3 Å². The molecule has 0 spiro atoms. The Hall–Kier alpha value is 0.250. The van der Waals surface area contributed by atoms with E-state index in [0.717, 1.165) is 11.8 Å². The minimum Gasteiger partial charge on any atom is -0.327 e. The Balaban J connectivity index is 0.000000605. The molecule has 0 radical (unpaired) electrons. The van der Waals surface area contributed by atoms with E-state index in [2.05, 4.69) is 13.8 Å². The van der Waals surface area contributed by atoms with Crippen LogP contribution in [-0.4, -0.2) is 6.04 Å². The molecule has 3 unspecified atom stereocenters. The average molecular weight is 176 g/mol. The molecule has 2 N–H and O–H groups in total. The van der Waals surface area contributed by atoms with Gasteiger partial charge < -0.3 is 5.73 Å². The van der Waals surface area contributed by atoms with Crippen molar-refractivity contribution < 1.29 is 0 Å². The number of rotatable bonds is 0. The lowest BCUT2D eigenvalue weighted by Crippen LogP contribution is -2.42. The van der Waals surface area contributed by atoms with Crippen molar-refractivity contribution in [2.45, 2.75) is 39.2 Å². The standard InChI is InChI=1S/C9H17N.ClH/c1-9(2)7-4-3-6(5-7)8(9)10;/h6-8H,3-5,10H2,1-2H3;1H. The molecule has 2 heteroatoms. The molecule has 3 atom stereocenters. The van der Waals surface area contributed by atoms with Crippen molar-refractivity contribution in [3.63, 3.8) is 0 Å². The van der Waals surface area contributed by atoms with Gasteiger partial charge in [-0.25, -0.2) is 0 Å². The number of fused-ring (bicyclic) bond motifs is 2. The van der Waals surface area contributed by atoms with Crippen LogP contribution in [0.1, 0.15) is 33.1 Å². The van der Waals surface area contributed by atoms with Gasteiger partial charge in [0.05, 0.1) is 0 Å². The minimum absolute atomic E-state index is 0. The number of nitrogens with two attached hydrogens (primary N) is 1. The summed E-state index contributed by atoms with van der Waals surface area (Å²) in [6.45, 7) is 4.67. The maximum absolute atomic E-state index is 6.10. The van der Waals surface area contributed by atoms with Gasteiger partial charge in [-0.05, 0) is 36.5 Å². The summed E-state index contributed by atoms with van der Waals surface area (Å²) in [5.74, 6) is 1.80. The van der Waals surface area contributed by atoms with E-state index in [0.29, 0.717) is 11.5 Å². The Bertz CT molecular complexity index is 152. The Labute approximate surface area is 75.1 Å². The summed E-state index contributed by atoms with van der Waals surface area (Å²) >= 11 is 0. The predicted molar refractivity (Wildman–Crippen MR) is 49.8 cm³/mol. The van der Waals surface area contributed by atoms with Crippen LogP contribution >= 0.6 is 12.4 Å². The summed E-state index contributed by atoms with van der Waals surface area (Å²) in [7, 11) is 0. The normalized spacial score (nSPS) is 45.5. The van der Waals surface area contributed by atoms with E-state index in [-0.39, 0.29) is 12.4 Å². The molecule has 0 aliphatic heterocycles. The Kier molecular flexibility index (Phi) is 2.24. The van der Waals surface area contributed by atoms with Gasteiger partial charge in [-0.1, -0.05) is 13.8 Å². The van der Waals surface area contributed by atoms with Crippen molar-refractivity contribution in [3.8, 4) is 0 Å². The van der Waals surface area contributed by atoms with Crippen LogP contribution in [0.2, 0.25) is 0 Å². The van der Waals surface area contributed by atoms with Gasteiger partial charge in [0.25, 0.3) is 0 Å². The van der Waals surface area contributed by atoms with Crippen LogP contribution in [0.25, 0.3) is 0 Å². The zero-order valence-electron chi connectivity index (χ0n) is 7.34. The van der Waals surface area contributed by atoms with Crippen molar-refractivity contribution in [1.29, 1.82) is 0 Å². The van der Waals surface area contributed by atoms with E-state index in [4.69, 9.17) is 5.73 Å². The van der Waals surface area contributed by atoms with Gasteiger partial charge in [0.2, 0.25) is 0 Å².